The molecule has 0 aromatic carbocycles. The van der Waals surface area contributed by atoms with Gasteiger partial charge in [0.05, 0.1) is 29.5 Å². The normalized spacial score (nSPS) is 13.8. The molecule has 0 aliphatic carbocycles. The summed E-state index contributed by atoms with van der Waals surface area (Å²) in [4.78, 5) is 17.1. The number of rotatable bonds is 5. The van der Waals surface area contributed by atoms with Gasteiger partial charge in [-0.2, -0.15) is 0 Å². The van der Waals surface area contributed by atoms with Crippen LogP contribution >= 0.6 is 0 Å². The molecule has 0 spiro atoms. The minimum absolute atomic E-state index is 0.357. The molecule has 3 rings (SSSR count). The maximum absolute atomic E-state index is 12.2. The van der Waals surface area contributed by atoms with Gasteiger partial charge in [-0.25, -0.2) is 4.39 Å². The number of hydrogen-bond donors (Lipinski definition) is 1. The van der Waals surface area contributed by atoms with Gasteiger partial charge in [-0.1, -0.05) is 20.8 Å². The first-order valence-corrected chi connectivity index (χ1v) is 8.47. The largest absolute Gasteiger partial charge is 0.461 e. The summed E-state index contributed by atoms with van der Waals surface area (Å²) in [6.45, 7) is 4.86. The summed E-state index contributed by atoms with van der Waals surface area (Å²) in [5.74, 6) is 0.357. The minimum atomic E-state index is -1.41. The van der Waals surface area contributed by atoms with Gasteiger partial charge in [0, 0.05) is 29.6 Å². The maximum Gasteiger partial charge on any atom is 0.228 e. The van der Waals surface area contributed by atoms with E-state index in [9.17, 15) is 9.50 Å². The van der Waals surface area contributed by atoms with E-state index in [1.807, 2.05) is 26.8 Å². The zero-order chi connectivity index (χ0) is 19.5. The summed E-state index contributed by atoms with van der Waals surface area (Å²) in [6.07, 6.45) is 7.75. The van der Waals surface area contributed by atoms with E-state index < -0.39 is 17.9 Å². The Labute approximate surface area is 157 Å². The Morgan fingerprint density at radius 3 is 2.26 bits per heavy atom. The number of aromatic nitrogens is 4. The number of halogens is 1. The Kier molecular flexibility index (Phi) is 5.14. The average Bonchev–Trinajstić information content (AvgIpc) is 2.68. The standard InChI is InChI=1S/C20H21FN4O2/c1-19(2,3)20(26,18-12-22-8-9-23-18)17-7-4-14(10-25-17)16-6-5-15(11-24-16)27-13-21/h4-12,26H,13H2,1-3H3. The van der Waals surface area contributed by atoms with Crippen molar-refractivity contribution in [3.63, 3.8) is 0 Å². The lowest BCUT2D eigenvalue weighted by Gasteiger charge is -2.39. The van der Waals surface area contributed by atoms with Gasteiger partial charge in [0.1, 0.15) is 5.75 Å². The second-order valence-electron chi connectivity index (χ2n) is 7.12. The van der Waals surface area contributed by atoms with Crippen LogP contribution in [0.25, 0.3) is 11.3 Å². The predicted octanol–water partition coefficient (Wildman–Crippen LogP) is 3.52. The van der Waals surface area contributed by atoms with Crippen LogP contribution in [-0.2, 0) is 5.60 Å². The first kappa shape index (κ1) is 18.8. The van der Waals surface area contributed by atoms with Crippen LogP contribution in [0.3, 0.4) is 0 Å². The van der Waals surface area contributed by atoms with Gasteiger partial charge in [0.2, 0.25) is 6.86 Å². The topological polar surface area (TPSA) is 81.0 Å². The van der Waals surface area contributed by atoms with Crippen molar-refractivity contribution in [3.05, 3.63) is 66.6 Å². The molecular formula is C20H21FN4O2. The summed E-state index contributed by atoms with van der Waals surface area (Å²) in [6, 6.07) is 6.94. The molecule has 27 heavy (non-hydrogen) atoms. The van der Waals surface area contributed by atoms with Gasteiger partial charge in [-0.05, 0) is 24.3 Å². The zero-order valence-corrected chi connectivity index (χ0v) is 15.4. The highest BCUT2D eigenvalue weighted by atomic mass is 19.1. The maximum atomic E-state index is 12.2. The highest BCUT2D eigenvalue weighted by Gasteiger charge is 2.46. The molecule has 1 unspecified atom stereocenters. The zero-order valence-electron chi connectivity index (χ0n) is 15.4. The number of aliphatic hydroxyl groups is 1. The SMILES string of the molecule is CC(C)(C)C(O)(c1ccc(-c2ccc(OCF)cn2)cn1)c1cnccn1. The van der Waals surface area contributed by atoms with Crippen molar-refractivity contribution >= 4 is 0 Å². The molecular weight excluding hydrogens is 347 g/mol. The Hall–Kier alpha value is -2.93. The summed E-state index contributed by atoms with van der Waals surface area (Å²) in [5.41, 5.74) is 0.355. The van der Waals surface area contributed by atoms with Crippen LogP contribution in [0.4, 0.5) is 4.39 Å². The highest BCUT2D eigenvalue weighted by Crippen LogP contribution is 2.43. The number of pyridine rings is 2. The van der Waals surface area contributed by atoms with Crippen LogP contribution in [0.1, 0.15) is 32.2 Å². The van der Waals surface area contributed by atoms with E-state index in [0.717, 1.165) is 5.56 Å². The number of nitrogens with zero attached hydrogens (tertiary/aromatic N) is 4. The molecule has 0 amide bonds. The molecule has 0 aliphatic rings. The van der Waals surface area contributed by atoms with E-state index in [1.54, 1.807) is 43.0 Å². The first-order valence-electron chi connectivity index (χ1n) is 8.47. The second kappa shape index (κ2) is 7.36. The molecule has 3 aromatic rings. The third-order valence-electron chi connectivity index (χ3n) is 4.41. The van der Waals surface area contributed by atoms with Crippen molar-refractivity contribution in [1.82, 2.24) is 19.9 Å². The van der Waals surface area contributed by atoms with E-state index in [0.29, 0.717) is 22.8 Å². The summed E-state index contributed by atoms with van der Waals surface area (Å²) >= 11 is 0. The predicted molar refractivity (Wildman–Crippen MR) is 98.6 cm³/mol. The fourth-order valence-electron chi connectivity index (χ4n) is 2.84. The molecule has 6 nitrogen and oxygen atoms in total. The van der Waals surface area contributed by atoms with Gasteiger partial charge < -0.3 is 9.84 Å². The summed E-state index contributed by atoms with van der Waals surface area (Å²) in [7, 11) is 0. The average molecular weight is 368 g/mol. The van der Waals surface area contributed by atoms with Crippen LogP contribution < -0.4 is 4.74 Å². The van der Waals surface area contributed by atoms with E-state index in [2.05, 4.69) is 19.9 Å². The van der Waals surface area contributed by atoms with E-state index >= 15 is 0 Å². The van der Waals surface area contributed by atoms with Crippen LogP contribution in [0.5, 0.6) is 5.75 Å². The number of alkyl halides is 1. The van der Waals surface area contributed by atoms with Gasteiger partial charge >= 0.3 is 0 Å². The molecule has 0 saturated carbocycles. The highest BCUT2D eigenvalue weighted by molar-refractivity contribution is 5.58. The van der Waals surface area contributed by atoms with Gasteiger partial charge in [0.25, 0.3) is 0 Å². The first-order chi connectivity index (χ1) is 12.9. The lowest BCUT2D eigenvalue weighted by atomic mass is 9.72. The van der Waals surface area contributed by atoms with Crippen molar-refractivity contribution in [2.75, 3.05) is 6.86 Å². The lowest BCUT2D eigenvalue weighted by Crippen LogP contribution is -2.42. The Balaban J connectivity index is 1.97. The Morgan fingerprint density at radius 2 is 1.74 bits per heavy atom. The fraction of sp³-hybridized carbons (Fsp3) is 0.300. The van der Waals surface area contributed by atoms with Crippen LogP contribution in [0, 0.1) is 5.41 Å². The molecule has 1 N–H and O–H groups in total. The molecule has 140 valence electrons. The summed E-state index contributed by atoms with van der Waals surface area (Å²) < 4.78 is 17.0. The monoisotopic (exact) mass is 368 g/mol. The van der Waals surface area contributed by atoms with Crippen molar-refractivity contribution in [3.8, 4) is 17.0 Å². The van der Waals surface area contributed by atoms with Crippen molar-refractivity contribution in [2.24, 2.45) is 5.41 Å². The van der Waals surface area contributed by atoms with Crippen LogP contribution in [0.15, 0.2) is 55.2 Å². The van der Waals surface area contributed by atoms with Gasteiger partial charge in [-0.3, -0.25) is 19.9 Å². The molecule has 0 radical (unpaired) electrons. The Morgan fingerprint density at radius 1 is 0.926 bits per heavy atom. The molecule has 0 bridgehead atoms. The van der Waals surface area contributed by atoms with Crippen LogP contribution in [-0.4, -0.2) is 31.9 Å². The molecule has 0 aliphatic heterocycles. The summed E-state index contributed by atoms with van der Waals surface area (Å²) in [5, 5.41) is 11.5. The van der Waals surface area contributed by atoms with Gasteiger partial charge in [-0.15, -0.1) is 0 Å². The quantitative estimate of drug-likeness (QED) is 0.742. The van der Waals surface area contributed by atoms with Crippen LogP contribution in [0.2, 0.25) is 0 Å². The smallest absolute Gasteiger partial charge is 0.228 e. The number of ether oxygens (including phenoxy) is 1. The van der Waals surface area contributed by atoms with Crippen molar-refractivity contribution < 1.29 is 14.2 Å². The second-order valence-corrected chi connectivity index (χ2v) is 7.12. The van der Waals surface area contributed by atoms with E-state index in [-0.39, 0.29) is 0 Å². The van der Waals surface area contributed by atoms with E-state index in [4.69, 9.17) is 4.74 Å². The third kappa shape index (κ3) is 3.64. The molecule has 0 fully saturated rings. The fourth-order valence-corrected chi connectivity index (χ4v) is 2.84. The Bertz CT molecular complexity index is 881. The lowest BCUT2D eigenvalue weighted by molar-refractivity contribution is -0.0335. The molecule has 1 atom stereocenters. The van der Waals surface area contributed by atoms with Gasteiger partial charge in [0.15, 0.2) is 5.60 Å². The molecule has 3 heterocycles. The van der Waals surface area contributed by atoms with Crippen molar-refractivity contribution in [1.29, 1.82) is 0 Å². The van der Waals surface area contributed by atoms with E-state index in [1.165, 1.54) is 6.20 Å². The third-order valence-corrected chi connectivity index (χ3v) is 4.41. The molecule has 0 saturated heterocycles. The molecule has 7 heteroatoms. The minimum Gasteiger partial charge on any atom is -0.461 e. The number of hydrogen-bond acceptors (Lipinski definition) is 6. The van der Waals surface area contributed by atoms with Crippen molar-refractivity contribution in [2.45, 2.75) is 26.4 Å². The molecule has 3 aromatic heterocycles.